The molecular formula is C16Br9. The summed E-state index contributed by atoms with van der Waals surface area (Å²) >= 11 is 33.6. The van der Waals surface area contributed by atoms with E-state index in [0.717, 1.165) is 72.6 Å². The van der Waals surface area contributed by atoms with Gasteiger partial charge in [-0.1, -0.05) is 0 Å². The molecule has 9 heteroatoms. The molecule has 4 aromatic carbocycles. The van der Waals surface area contributed by atoms with Gasteiger partial charge in [0.15, 0.2) is 0 Å². The molecule has 0 nitrogen and oxygen atoms in total. The summed E-state index contributed by atoms with van der Waals surface area (Å²) in [5, 5.41) is 6.53. The van der Waals surface area contributed by atoms with Gasteiger partial charge in [0.05, 0.1) is 0 Å². The van der Waals surface area contributed by atoms with E-state index < -0.39 is 0 Å². The lowest BCUT2D eigenvalue weighted by atomic mass is 9.94. The maximum absolute atomic E-state index is 3.79. The molecular weight excluding hydrogens is 911 g/mol. The Balaban J connectivity index is 2.60. The zero-order valence-corrected chi connectivity index (χ0v) is 25.7. The summed E-state index contributed by atoms with van der Waals surface area (Å²) in [5.41, 5.74) is 0. The number of benzene rings is 4. The van der Waals surface area contributed by atoms with Gasteiger partial charge in [-0.2, -0.15) is 0 Å². The minimum atomic E-state index is 0.873. The minimum Gasteiger partial charge on any atom is -0.0489 e. The van der Waals surface area contributed by atoms with E-state index in [0.29, 0.717) is 0 Å². The molecule has 127 valence electrons. The van der Waals surface area contributed by atoms with Gasteiger partial charge in [-0.3, -0.25) is 0 Å². The first-order chi connectivity index (χ1) is 11.7. The number of halogens is 9. The number of hydrogen-bond acceptors (Lipinski definition) is 0. The molecule has 0 spiro atoms. The first-order valence-electron chi connectivity index (χ1n) is 6.45. The summed E-state index contributed by atoms with van der Waals surface area (Å²) in [6.45, 7) is 0. The van der Waals surface area contributed by atoms with Crippen LogP contribution in [0.5, 0.6) is 0 Å². The van der Waals surface area contributed by atoms with Crippen molar-refractivity contribution < 1.29 is 0 Å². The molecule has 0 bridgehead atoms. The molecule has 1 radical (unpaired) electrons. The van der Waals surface area contributed by atoms with Crippen LogP contribution in [-0.4, -0.2) is 0 Å². The van der Waals surface area contributed by atoms with Gasteiger partial charge >= 0.3 is 0 Å². The summed E-state index contributed by atoms with van der Waals surface area (Å²) < 4.78 is 8.67. The van der Waals surface area contributed by atoms with E-state index in [1.807, 2.05) is 0 Å². The van der Waals surface area contributed by atoms with E-state index in [4.69, 9.17) is 0 Å². The molecule has 0 aliphatic heterocycles. The lowest BCUT2D eigenvalue weighted by molar-refractivity contribution is 1.57. The Morgan fingerprint density at radius 2 is 0.760 bits per heavy atom. The Kier molecular flexibility index (Phi) is 5.89. The molecule has 0 aromatic heterocycles. The van der Waals surface area contributed by atoms with Crippen molar-refractivity contribution in [3.63, 3.8) is 0 Å². The van der Waals surface area contributed by atoms with Gasteiger partial charge < -0.3 is 0 Å². The maximum atomic E-state index is 3.79. The average molecular weight is 911 g/mol. The maximum Gasteiger partial charge on any atom is 0.0473 e. The van der Waals surface area contributed by atoms with Gasteiger partial charge in [0.25, 0.3) is 0 Å². The zero-order valence-electron chi connectivity index (χ0n) is 11.4. The fraction of sp³-hybridized carbons (Fsp3) is 0. The van der Waals surface area contributed by atoms with Crippen molar-refractivity contribution in [1.29, 1.82) is 0 Å². The van der Waals surface area contributed by atoms with E-state index in [2.05, 4.69) is 149 Å². The fourth-order valence-corrected chi connectivity index (χ4v) is 8.78. The van der Waals surface area contributed by atoms with E-state index in [1.54, 1.807) is 0 Å². The molecule has 0 unspecified atom stereocenters. The molecule has 0 N–H and O–H groups in total. The SMILES string of the molecule is Brc1[c]c2c(Br)c(Br)c3c(Br)c(Br)c(Br)c4c(Br)c(Br)c(c1Br)c2c34. The van der Waals surface area contributed by atoms with Crippen LogP contribution in [0.4, 0.5) is 0 Å². The van der Waals surface area contributed by atoms with Crippen LogP contribution < -0.4 is 0 Å². The largest absolute Gasteiger partial charge is 0.0489 e. The highest BCUT2D eigenvalue weighted by molar-refractivity contribution is 9.15. The molecule has 25 heavy (non-hydrogen) atoms. The molecule has 0 heterocycles. The Morgan fingerprint density at radius 1 is 0.360 bits per heavy atom. The van der Waals surface area contributed by atoms with Gasteiger partial charge in [-0.05, 0) is 143 Å². The molecule has 0 fully saturated rings. The monoisotopic (exact) mass is 902 g/mol. The van der Waals surface area contributed by atoms with Crippen LogP contribution in [0.2, 0.25) is 0 Å². The van der Waals surface area contributed by atoms with E-state index in [9.17, 15) is 0 Å². The first-order valence-corrected chi connectivity index (χ1v) is 13.6. The van der Waals surface area contributed by atoms with Crippen molar-refractivity contribution in [2.45, 2.75) is 0 Å². The molecule has 0 atom stereocenters. The molecule has 0 amide bonds. The van der Waals surface area contributed by atoms with E-state index >= 15 is 0 Å². The van der Waals surface area contributed by atoms with Gasteiger partial charge in [0.2, 0.25) is 0 Å². The molecule has 0 aliphatic carbocycles. The predicted molar refractivity (Wildman–Crippen MR) is 138 cm³/mol. The zero-order chi connectivity index (χ0) is 18.4. The van der Waals surface area contributed by atoms with Crippen molar-refractivity contribution >= 4 is 176 Å². The third kappa shape index (κ3) is 2.80. The van der Waals surface area contributed by atoms with Crippen LogP contribution in [0.1, 0.15) is 0 Å². The highest BCUT2D eigenvalue weighted by Crippen LogP contribution is 2.56. The van der Waals surface area contributed by atoms with Crippen molar-refractivity contribution in [2.75, 3.05) is 0 Å². The standard InChI is InChI=1S/C16Br9/c17-3-1-2-4-5-7(11(20)9(2)18)14(23)16(25)15(24)8(5)13(22)12(21)6(4)10(3)19. The quantitative estimate of drug-likeness (QED) is 0.122. The highest BCUT2D eigenvalue weighted by atomic mass is 79.9. The molecule has 0 saturated heterocycles. The van der Waals surface area contributed by atoms with Crippen LogP contribution in [0.25, 0.3) is 32.3 Å². The minimum absolute atomic E-state index is 0.873. The molecule has 0 saturated carbocycles. The summed E-state index contributed by atoms with van der Waals surface area (Å²) in [6, 6.07) is 3.44. The second kappa shape index (κ2) is 7.18. The molecule has 4 rings (SSSR count). The lowest BCUT2D eigenvalue weighted by Crippen LogP contribution is -1.94. The third-order valence-electron chi connectivity index (χ3n) is 3.98. The van der Waals surface area contributed by atoms with Gasteiger partial charge in [-0.15, -0.1) is 0 Å². The van der Waals surface area contributed by atoms with Crippen molar-refractivity contribution in [1.82, 2.24) is 0 Å². The van der Waals surface area contributed by atoms with E-state index in [-0.39, 0.29) is 0 Å². The van der Waals surface area contributed by atoms with Crippen molar-refractivity contribution in [2.24, 2.45) is 0 Å². The van der Waals surface area contributed by atoms with Crippen molar-refractivity contribution in [3.05, 3.63) is 46.3 Å². The van der Waals surface area contributed by atoms with Crippen molar-refractivity contribution in [3.8, 4) is 0 Å². The first kappa shape index (κ1) is 20.5. The van der Waals surface area contributed by atoms with Gasteiger partial charge in [-0.25, -0.2) is 0 Å². The Labute approximate surface area is 218 Å². The van der Waals surface area contributed by atoms with E-state index in [1.165, 1.54) is 0 Å². The summed E-state index contributed by atoms with van der Waals surface area (Å²) in [5.74, 6) is 0. The number of rotatable bonds is 0. The highest BCUT2D eigenvalue weighted by Gasteiger charge is 2.27. The predicted octanol–water partition coefficient (Wildman–Crippen LogP) is 11.2. The van der Waals surface area contributed by atoms with Crippen LogP contribution in [0, 0.1) is 6.07 Å². The van der Waals surface area contributed by atoms with Crippen LogP contribution in [0.15, 0.2) is 40.3 Å². The second-order valence-corrected chi connectivity index (χ2v) is 12.3. The average Bonchev–Trinajstić information content (AvgIpc) is 2.57. The Bertz CT molecular complexity index is 1200. The topological polar surface area (TPSA) is 0 Å². The fourth-order valence-electron chi connectivity index (χ4n) is 2.95. The smallest absolute Gasteiger partial charge is 0.0473 e. The lowest BCUT2D eigenvalue weighted by Gasteiger charge is -2.21. The van der Waals surface area contributed by atoms with Crippen LogP contribution in [0.3, 0.4) is 0 Å². The van der Waals surface area contributed by atoms with Crippen LogP contribution >= 0.6 is 143 Å². The molecule has 0 aliphatic rings. The summed E-state index contributed by atoms with van der Waals surface area (Å²) in [7, 11) is 0. The van der Waals surface area contributed by atoms with Gasteiger partial charge in [0.1, 0.15) is 0 Å². The molecule has 4 aromatic rings. The summed E-state index contributed by atoms with van der Waals surface area (Å²) in [4.78, 5) is 0. The van der Waals surface area contributed by atoms with Gasteiger partial charge in [0, 0.05) is 78.6 Å². The third-order valence-corrected chi connectivity index (χ3v) is 13.6. The number of hydrogen-bond donors (Lipinski definition) is 0. The Morgan fingerprint density at radius 3 is 1.28 bits per heavy atom. The normalized spacial score (nSPS) is 12.2. The second-order valence-electron chi connectivity index (χ2n) is 5.20. The van der Waals surface area contributed by atoms with Crippen LogP contribution in [-0.2, 0) is 0 Å². The Hall–Kier alpha value is 2.24. The summed E-state index contributed by atoms with van der Waals surface area (Å²) in [6.07, 6.45) is 0.